The summed E-state index contributed by atoms with van der Waals surface area (Å²) in [7, 11) is 0. The molecule has 0 aliphatic rings. The summed E-state index contributed by atoms with van der Waals surface area (Å²) < 4.78 is 0. The van der Waals surface area contributed by atoms with Gasteiger partial charge >= 0.3 is 5.95 Å². The average Bonchev–Trinajstić information content (AvgIpc) is 2.54. The van der Waals surface area contributed by atoms with Crippen LogP contribution >= 0.6 is 0 Å². The number of carbonyl (C=O) groups is 1. The molecule has 2 rings (SSSR count). The van der Waals surface area contributed by atoms with Crippen molar-refractivity contribution in [2.45, 2.75) is 32.6 Å². The molecule has 0 aliphatic heterocycles. The van der Waals surface area contributed by atoms with Gasteiger partial charge in [0.1, 0.15) is 11.9 Å². The van der Waals surface area contributed by atoms with E-state index in [1.54, 1.807) is 6.20 Å². The Kier molecular flexibility index (Phi) is 7.85. The Morgan fingerprint density at radius 2 is 2.00 bits per heavy atom. The summed E-state index contributed by atoms with van der Waals surface area (Å²) in [6.07, 6.45) is 5.20. The van der Waals surface area contributed by atoms with Crippen molar-refractivity contribution < 1.29 is 22.2 Å². The molecule has 118 valence electrons. The summed E-state index contributed by atoms with van der Waals surface area (Å²) in [5.74, 6) is 0.351. The third-order valence-electron chi connectivity index (χ3n) is 3.01. The number of unbranched alkanes of at least 4 members (excludes halogenated alkanes) is 2. The monoisotopic (exact) mass is 321 g/mol. The Balaban J connectivity index is 0.00000242. The van der Waals surface area contributed by atoms with Crippen molar-refractivity contribution in [3.05, 3.63) is 36.5 Å². The minimum atomic E-state index is -0.0521. The quantitative estimate of drug-likeness (QED) is 0.505. The van der Waals surface area contributed by atoms with Crippen molar-refractivity contribution in [3.8, 4) is 11.3 Å². The molecule has 1 aromatic heterocycles. The summed E-state index contributed by atoms with van der Waals surface area (Å²) in [5.41, 5.74) is 7.20. The number of nitrogens with one attached hydrogen (secondary N) is 3. The molecule has 0 saturated heterocycles. The van der Waals surface area contributed by atoms with Crippen LogP contribution in [0, 0.1) is 0 Å². The van der Waals surface area contributed by atoms with Gasteiger partial charge in [-0.1, -0.05) is 55.2 Å². The highest BCUT2D eigenvalue weighted by Crippen LogP contribution is 2.11. The second kappa shape index (κ2) is 9.68. The van der Waals surface area contributed by atoms with Crippen molar-refractivity contribution >= 4 is 11.9 Å². The molecule has 22 heavy (non-hydrogen) atoms. The molecule has 6 nitrogen and oxygen atoms in total. The predicted molar refractivity (Wildman–Crippen MR) is 79.9 cm³/mol. The fourth-order valence-corrected chi connectivity index (χ4v) is 1.88. The summed E-state index contributed by atoms with van der Waals surface area (Å²) >= 11 is 0. The molecule has 1 aromatic carbocycles. The average molecular weight is 322 g/mol. The largest absolute Gasteiger partial charge is 1.00 e. The van der Waals surface area contributed by atoms with Gasteiger partial charge in [0.25, 0.3) is 0 Å². The van der Waals surface area contributed by atoms with Crippen LogP contribution in [0.15, 0.2) is 36.5 Å². The topological polar surface area (TPSA) is 81.0 Å². The van der Waals surface area contributed by atoms with E-state index < -0.39 is 0 Å². The highest BCUT2D eigenvalue weighted by molar-refractivity contribution is 5.76. The normalized spacial score (nSPS) is 9.68. The lowest BCUT2D eigenvalue weighted by Crippen LogP contribution is -3.00. The summed E-state index contributed by atoms with van der Waals surface area (Å²) in [5, 5.41) is 7.82. The van der Waals surface area contributed by atoms with E-state index in [9.17, 15) is 4.79 Å². The molecule has 0 radical (unpaired) electrons. The molecule has 2 aromatic rings. The lowest BCUT2D eigenvalue weighted by Gasteiger charge is -2.02. The van der Waals surface area contributed by atoms with E-state index in [4.69, 9.17) is 0 Å². The molecule has 1 heterocycles. The molecule has 0 saturated carbocycles. The maximum absolute atomic E-state index is 11.6. The Bertz CT molecular complexity index is 579. The zero-order chi connectivity index (χ0) is 14.9. The van der Waals surface area contributed by atoms with Gasteiger partial charge in [0.15, 0.2) is 0 Å². The summed E-state index contributed by atoms with van der Waals surface area (Å²) in [6.45, 7) is 2.11. The summed E-state index contributed by atoms with van der Waals surface area (Å²) in [4.78, 5) is 14.7. The van der Waals surface area contributed by atoms with Gasteiger partial charge in [-0.05, 0) is 6.42 Å². The van der Waals surface area contributed by atoms with Crippen LogP contribution in [0.2, 0.25) is 0 Å². The number of rotatable bonds is 7. The first-order chi connectivity index (χ1) is 10.3. The van der Waals surface area contributed by atoms with Gasteiger partial charge < -0.3 is 12.4 Å². The Labute approximate surface area is 136 Å². The minimum Gasteiger partial charge on any atom is -1.00 e. The number of anilines is 1. The number of benzene rings is 1. The number of halogens is 1. The fourth-order valence-electron chi connectivity index (χ4n) is 1.88. The zero-order valence-corrected chi connectivity index (χ0v) is 13.2. The van der Waals surface area contributed by atoms with Crippen molar-refractivity contribution in [2.24, 2.45) is 0 Å². The summed E-state index contributed by atoms with van der Waals surface area (Å²) in [6, 6.07) is 9.80. The van der Waals surface area contributed by atoms with Gasteiger partial charge in [-0.2, -0.15) is 5.43 Å². The Morgan fingerprint density at radius 3 is 2.73 bits per heavy atom. The molecular weight excluding hydrogens is 302 g/mol. The van der Waals surface area contributed by atoms with E-state index in [1.165, 1.54) is 0 Å². The second-order valence-corrected chi connectivity index (χ2v) is 4.73. The van der Waals surface area contributed by atoms with Crippen LogP contribution in [0.1, 0.15) is 32.6 Å². The highest BCUT2D eigenvalue weighted by Gasteiger charge is 2.10. The van der Waals surface area contributed by atoms with Crippen LogP contribution in [0.4, 0.5) is 5.95 Å². The van der Waals surface area contributed by atoms with E-state index in [0.29, 0.717) is 12.4 Å². The van der Waals surface area contributed by atoms with Gasteiger partial charge in [-0.15, -0.1) is 0 Å². The number of hydrogen-bond acceptors (Lipinski definition) is 4. The molecule has 1 amide bonds. The minimum absolute atomic E-state index is 0. The van der Waals surface area contributed by atoms with E-state index in [-0.39, 0.29) is 18.3 Å². The Hall–Kier alpha value is -2.21. The SMILES string of the molecule is CCCCCC(=O)NNc1nncc(-c2ccccc2)[nH+]1.[Cl-]. The van der Waals surface area contributed by atoms with E-state index in [1.807, 2.05) is 30.3 Å². The van der Waals surface area contributed by atoms with Crippen LogP contribution in [0.3, 0.4) is 0 Å². The number of amides is 1. The van der Waals surface area contributed by atoms with Crippen molar-refractivity contribution in [1.82, 2.24) is 15.6 Å². The maximum Gasteiger partial charge on any atom is 0.434 e. The van der Waals surface area contributed by atoms with Gasteiger partial charge in [0.05, 0.1) is 0 Å². The molecule has 0 unspecified atom stereocenters. The van der Waals surface area contributed by atoms with Crippen LogP contribution in [-0.4, -0.2) is 16.1 Å². The maximum atomic E-state index is 11.6. The fraction of sp³-hybridized carbons (Fsp3) is 0.333. The van der Waals surface area contributed by atoms with Gasteiger partial charge in [0, 0.05) is 17.1 Å². The van der Waals surface area contributed by atoms with Gasteiger partial charge in [-0.25, -0.2) is 10.4 Å². The van der Waals surface area contributed by atoms with Crippen LogP contribution in [0.25, 0.3) is 11.3 Å². The number of H-pyrrole nitrogens is 1. The lowest BCUT2D eigenvalue weighted by molar-refractivity contribution is -0.353. The zero-order valence-electron chi connectivity index (χ0n) is 12.5. The predicted octanol–water partition coefficient (Wildman–Crippen LogP) is -1.01. The van der Waals surface area contributed by atoms with Crippen molar-refractivity contribution in [1.29, 1.82) is 0 Å². The van der Waals surface area contributed by atoms with Crippen LogP contribution in [0.5, 0.6) is 0 Å². The van der Waals surface area contributed by atoms with Crippen LogP contribution in [-0.2, 0) is 4.79 Å². The first kappa shape index (κ1) is 17.8. The van der Waals surface area contributed by atoms with Gasteiger partial charge in [-0.3, -0.25) is 4.79 Å². The number of aromatic nitrogens is 3. The molecule has 0 atom stereocenters. The van der Waals surface area contributed by atoms with E-state index in [0.717, 1.165) is 30.5 Å². The molecule has 3 N–H and O–H groups in total. The Morgan fingerprint density at radius 1 is 1.23 bits per heavy atom. The lowest BCUT2D eigenvalue weighted by atomic mass is 10.2. The van der Waals surface area contributed by atoms with E-state index in [2.05, 4.69) is 33.0 Å². The van der Waals surface area contributed by atoms with Crippen molar-refractivity contribution in [2.75, 3.05) is 5.43 Å². The third kappa shape index (κ3) is 5.65. The first-order valence-electron chi connectivity index (χ1n) is 7.15. The number of nitrogens with zero attached hydrogens (tertiary/aromatic N) is 2. The smallest absolute Gasteiger partial charge is 0.434 e. The second-order valence-electron chi connectivity index (χ2n) is 4.73. The molecule has 0 bridgehead atoms. The first-order valence-corrected chi connectivity index (χ1v) is 7.15. The molecule has 7 heteroatoms. The van der Waals surface area contributed by atoms with E-state index >= 15 is 0 Å². The molecule has 0 spiro atoms. The third-order valence-corrected chi connectivity index (χ3v) is 3.01. The highest BCUT2D eigenvalue weighted by atomic mass is 35.5. The number of hydrazine groups is 1. The van der Waals surface area contributed by atoms with Crippen LogP contribution < -0.4 is 28.2 Å². The number of hydrogen-bond donors (Lipinski definition) is 2. The standard InChI is InChI=1S/C15H19N5O.ClH/c1-2-3-5-10-14(21)18-20-15-17-13(11-16-19-15)12-8-6-4-7-9-12;/h4,6-9,11H,2-3,5,10H2,1H3,(H,18,21)(H,17,19,20);1H. The number of aromatic amines is 1. The van der Waals surface area contributed by atoms with Crippen molar-refractivity contribution in [3.63, 3.8) is 0 Å². The molecule has 0 fully saturated rings. The van der Waals surface area contributed by atoms with Gasteiger partial charge in [0.2, 0.25) is 5.91 Å². The molecule has 0 aliphatic carbocycles. The number of carbonyl (C=O) groups excluding carboxylic acids is 1. The molecular formula is C15H20ClN5O.